The van der Waals surface area contributed by atoms with Crippen molar-refractivity contribution in [3.05, 3.63) is 34.6 Å². The van der Waals surface area contributed by atoms with Crippen LogP contribution in [0, 0.1) is 5.82 Å². The monoisotopic (exact) mass is 278 g/mol. The van der Waals surface area contributed by atoms with Gasteiger partial charge in [0.1, 0.15) is 5.82 Å². The highest BCUT2D eigenvalue weighted by atomic mass is 79.9. The number of ketones is 1. The molecule has 0 aliphatic carbocycles. The molecule has 0 fully saturated rings. The van der Waals surface area contributed by atoms with Crippen LogP contribution in [0.25, 0.3) is 0 Å². The second-order valence-electron chi connectivity index (χ2n) is 2.84. The van der Waals surface area contributed by atoms with E-state index in [2.05, 4.69) is 15.9 Å². The summed E-state index contributed by atoms with van der Waals surface area (Å²) in [5, 5.41) is 0.816. The number of Topliss-reactive ketones (excluding diaryl/α,β-unsaturated/α-hetero) is 1. The number of hydrogen-bond donors (Lipinski definition) is 0. The van der Waals surface area contributed by atoms with Crippen LogP contribution in [0.5, 0.6) is 0 Å². The minimum atomic E-state index is -0.545. The fourth-order valence-corrected chi connectivity index (χ4v) is 1.44. The van der Waals surface area contributed by atoms with Gasteiger partial charge in [-0.25, -0.2) is 4.39 Å². The molecule has 0 radical (unpaired) electrons. The number of carbonyl (C=O) groups excluding carboxylic acids is 1. The van der Waals surface area contributed by atoms with E-state index >= 15 is 0 Å². The maximum Gasteiger partial charge on any atom is 0.163 e. The average molecular weight is 280 g/mol. The molecule has 0 unspecified atom stereocenters. The standard InChI is InChI=1S/C10H9BrClFO/c11-5-1-2-10(14)7-3-4-8(12)9(13)6-7/h3-4,6H,1-2,5H2. The molecule has 76 valence electrons. The van der Waals surface area contributed by atoms with Crippen molar-refractivity contribution >= 4 is 33.3 Å². The third kappa shape index (κ3) is 3.07. The molecule has 0 saturated carbocycles. The van der Waals surface area contributed by atoms with Crippen LogP contribution < -0.4 is 0 Å². The number of halogens is 3. The highest BCUT2D eigenvalue weighted by molar-refractivity contribution is 9.09. The first-order valence-electron chi connectivity index (χ1n) is 4.19. The minimum Gasteiger partial charge on any atom is -0.294 e. The first kappa shape index (κ1) is 11.7. The molecule has 1 nitrogen and oxygen atoms in total. The Hall–Kier alpha value is -0.410. The largest absolute Gasteiger partial charge is 0.294 e. The highest BCUT2D eigenvalue weighted by Gasteiger charge is 2.08. The van der Waals surface area contributed by atoms with E-state index in [1.54, 1.807) is 6.07 Å². The van der Waals surface area contributed by atoms with Crippen molar-refractivity contribution in [2.24, 2.45) is 0 Å². The van der Waals surface area contributed by atoms with Gasteiger partial charge in [0, 0.05) is 17.3 Å². The lowest BCUT2D eigenvalue weighted by molar-refractivity contribution is 0.0981. The van der Waals surface area contributed by atoms with Crippen LogP contribution in [0.4, 0.5) is 4.39 Å². The molecule has 4 heteroatoms. The fraction of sp³-hybridized carbons (Fsp3) is 0.300. The zero-order valence-electron chi connectivity index (χ0n) is 7.40. The van der Waals surface area contributed by atoms with Gasteiger partial charge in [0.2, 0.25) is 0 Å². The van der Waals surface area contributed by atoms with E-state index in [0.29, 0.717) is 12.0 Å². The van der Waals surface area contributed by atoms with Gasteiger partial charge in [-0.05, 0) is 24.6 Å². The molecule has 0 atom stereocenters. The van der Waals surface area contributed by atoms with E-state index in [9.17, 15) is 9.18 Å². The van der Waals surface area contributed by atoms with Crippen LogP contribution in [0.15, 0.2) is 18.2 Å². The number of alkyl halides is 1. The number of rotatable bonds is 4. The normalized spacial score (nSPS) is 10.2. The summed E-state index contributed by atoms with van der Waals surface area (Å²) in [6.07, 6.45) is 1.18. The maximum atomic E-state index is 13.0. The summed E-state index contributed by atoms with van der Waals surface area (Å²) in [7, 11) is 0. The van der Waals surface area contributed by atoms with Gasteiger partial charge in [-0.15, -0.1) is 0 Å². The van der Waals surface area contributed by atoms with E-state index in [4.69, 9.17) is 11.6 Å². The van der Waals surface area contributed by atoms with Crippen molar-refractivity contribution in [3.63, 3.8) is 0 Å². The van der Waals surface area contributed by atoms with Crippen LogP contribution >= 0.6 is 27.5 Å². The first-order chi connectivity index (χ1) is 6.65. The molecule has 0 bridgehead atoms. The van der Waals surface area contributed by atoms with Crippen molar-refractivity contribution in [3.8, 4) is 0 Å². The molecule has 1 aromatic carbocycles. The SMILES string of the molecule is O=C(CCCBr)c1ccc(Cl)c(F)c1. The van der Waals surface area contributed by atoms with E-state index in [1.165, 1.54) is 12.1 Å². The highest BCUT2D eigenvalue weighted by Crippen LogP contribution is 2.17. The smallest absolute Gasteiger partial charge is 0.163 e. The van der Waals surface area contributed by atoms with Gasteiger partial charge >= 0.3 is 0 Å². The molecule has 0 spiro atoms. The van der Waals surface area contributed by atoms with E-state index in [-0.39, 0.29) is 10.8 Å². The van der Waals surface area contributed by atoms with Gasteiger partial charge in [0.15, 0.2) is 5.78 Å². The van der Waals surface area contributed by atoms with E-state index in [0.717, 1.165) is 11.8 Å². The average Bonchev–Trinajstić information content (AvgIpc) is 2.18. The van der Waals surface area contributed by atoms with Crippen molar-refractivity contribution in [2.75, 3.05) is 5.33 Å². The summed E-state index contributed by atoms with van der Waals surface area (Å²) in [4.78, 5) is 11.4. The van der Waals surface area contributed by atoms with Crippen LogP contribution in [0.3, 0.4) is 0 Å². The maximum absolute atomic E-state index is 13.0. The summed E-state index contributed by atoms with van der Waals surface area (Å²) in [6, 6.07) is 4.12. The van der Waals surface area contributed by atoms with E-state index < -0.39 is 5.82 Å². The van der Waals surface area contributed by atoms with Crippen LogP contribution in [0.2, 0.25) is 5.02 Å². The lowest BCUT2D eigenvalue weighted by Gasteiger charge is -2.00. The van der Waals surface area contributed by atoms with Crippen LogP contribution in [-0.4, -0.2) is 11.1 Å². The zero-order chi connectivity index (χ0) is 10.6. The van der Waals surface area contributed by atoms with Gasteiger partial charge in [0.05, 0.1) is 5.02 Å². The Morgan fingerprint density at radius 3 is 2.79 bits per heavy atom. The number of carbonyl (C=O) groups is 1. The van der Waals surface area contributed by atoms with Gasteiger partial charge in [-0.3, -0.25) is 4.79 Å². The molecular formula is C10H9BrClFO. The molecule has 14 heavy (non-hydrogen) atoms. The Bertz CT molecular complexity index is 341. The molecule has 1 aromatic rings. The predicted octanol–water partition coefficient (Wildman–Crippen LogP) is 3.84. The summed E-state index contributed by atoms with van der Waals surface area (Å²) in [5.74, 6) is -0.601. The Morgan fingerprint density at radius 2 is 2.21 bits per heavy atom. The van der Waals surface area contributed by atoms with Gasteiger partial charge in [-0.2, -0.15) is 0 Å². The Kier molecular flexibility index (Phi) is 4.55. The summed E-state index contributed by atoms with van der Waals surface area (Å²) >= 11 is 8.72. The third-order valence-corrected chi connectivity index (χ3v) is 2.65. The molecular weight excluding hydrogens is 270 g/mol. The van der Waals surface area contributed by atoms with Crippen molar-refractivity contribution in [1.82, 2.24) is 0 Å². The molecule has 0 aliphatic rings. The second kappa shape index (κ2) is 5.47. The fourth-order valence-electron chi connectivity index (χ4n) is 1.04. The number of hydrogen-bond acceptors (Lipinski definition) is 1. The zero-order valence-corrected chi connectivity index (χ0v) is 9.74. The van der Waals surface area contributed by atoms with Crippen molar-refractivity contribution in [2.45, 2.75) is 12.8 Å². The molecule has 0 aliphatic heterocycles. The Morgan fingerprint density at radius 1 is 1.50 bits per heavy atom. The van der Waals surface area contributed by atoms with Crippen LogP contribution in [0.1, 0.15) is 23.2 Å². The van der Waals surface area contributed by atoms with Gasteiger partial charge in [0.25, 0.3) is 0 Å². The molecule has 0 saturated heterocycles. The van der Waals surface area contributed by atoms with Gasteiger partial charge < -0.3 is 0 Å². The topological polar surface area (TPSA) is 17.1 Å². The predicted molar refractivity (Wildman–Crippen MR) is 58.8 cm³/mol. The Balaban J connectivity index is 2.76. The first-order valence-corrected chi connectivity index (χ1v) is 5.69. The van der Waals surface area contributed by atoms with E-state index in [1.807, 2.05) is 0 Å². The lowest BCUT2D eigenvalue weighted by Crippen LogP contribution is -1.99. The summed E-state index contributed by atoms with van der Waals surface area (Å²) < 4.78 is 13.0. The minimum absolute atomic E-state index is 0.0436. The van der Waals surface area contributed by atoms with Crippen molar-refractivity contribution in [1.29, 1.82) is 0 Å². The number of benzene rings is 1. The molecule has 0 aromatic heterocycles. The summed E-state index contributed by atoms with van der Waals surface area (Å²) in [5.41, 5.74) is 0.382. The van der Waals surface area contributed by atoms with Gasteiger partial charge in [-0.1, -0.05) is 27.5 Å². The summed E-state index contributed by atoms with van der Waals surface area (Å²) in [6.45, 7) is 0. The molecule has 1 rings (SSSR count). The third-order valence-electron chi connectivity index (χ3n) is 1.78. The van der Waals surface area contributed by atoms with Crippen LogP contribution in [-0.2, 0) is 0 Å². The quantitative estimate of drug-likeness (QED) is 0.604. The second-order valence-corrected chi connectivity index (χ2v) is 4.04. The Labute approximate surface area is 95.4 Å². The molecule has 0 heterocycles. The lowest BCUT2D eigenvalue weighted by atomic mass is 10.1. The molecule has 0 amide bonds. The molecule has 0 N–H and O–H groups in total. The van der Waals surface area contributed by atoms with Crippen molar-refractivity contribution < 1.29 is 9.18 Å².